The number of hydrogen-bond acceptors (Lipinski definition) is 2. The molecule has 1 saturated heterocycles. The molecule has 1 aliphatic heterocycles. The molecule has 0 spiro atoms. The Morgan fingerprint density at radius 3 is 2.38 bits per heavy atom. The molecule has 136 valence electrons. The van der Waals surface area contributed by atoms with E-state index in [4.69, 9.17) is 11.6 Å². The highest BCUT2D eigenvalue weighted by Gasteiger charge is 2.27. The lowest BCUT2D eigenvalue weighted by Crippen LogP contribution is -2.43. The van der Waals surface area contributed by atoms with Crippen molar-refractivity contribution >= 4 is 34.9 Å². The monoisotopic (exact) mass is 371 g/mol. The summed E-state index contributed by atoms with van der Waals surface area (Å²) in [7, 11) is 0. The highest BCUT2D eigenvalue weighted by molar-refractivity contribution is 6.33. The average Bonchev–Trinajstić information content (AvgIpc) is 2.65. The zero-order chi connectivity index (χ0) is 18.5. The molecular formula is C20H22ClN3O2. The number of amides is 3. The summed E-state index contributed by atoms with van der Waals surface area (Å²) < 4.78 is 0. The van der Waals surface area contributed by atoms with Crippen LogP contribution in [0, 0.1) is 12.8 Å². The van der Waals surface area contributed by atoms with E-state index in [0.717, 1.165) is 11.3 Å². The van der Waals surface area contributed by atoms with Crippen LogP contribution in [-0.2, 0) is 4.79 Å². The molecule has 3 rings (SSSR count). The first kappa shape index (κ1) is 18.3. The lowest BCUT2D eigenvalue weighted by atomic mass is 9.96. The van der Waals surface area contributed by atoms with Crippen molar-refractivity contribution in [1.82, 2.24) is 4.90 Å². The fourth-order valence-corrected chi connectivity index (χ4v) is 3.31. The smallest absolute Gasteiger partial charge is 0.321 e. The van der Waals surface area contributed by atoms with Gasteiger partial charge in [0.05, 0.1) is 10.7 Å². The molecule has 2 aromatic rings. The van der Waals surface area contributed by atoms with Crippen molar-refractivity contribution in [3.63, 3.8) is 0 Å². The molecule has 5 nitrogen and oxygen atoms in total. The van der Waals surface area contributed by atoms with Gasteiger partial charge in [0.25, 0.3) is 0 Å². The number of carbonyl (C=O) groups excluding carboxylic acids is 2. The van der Waals surface area contributed by atoms with Crippen LogP contribution in [0.2, 0.25) is 5.02 Å². The maximum Gasteiger partial charge on any atom is 0.321 e. The number of halogens is 1. The number of anilines is 2. The zero-order valence-corrected chi connectivity index (χ0v) is 15.4. The number of carbonyl (C=O) groups is 2. The minimum absolute atomic E-state index is 0.0427. The Morgan fingerprint density at radius 1 is 1.04 bits per heavy atom. The van der Waals surface area contributed by atoms with Gasteiger partial charge in [0.1, 0.15) is 0 Å². The Labute approximate surface area is 158 Å². The number of benzene rings is 2. The van der Waals surface area contributed by atoms with Crippen LogP contribution in [0.5, 0.6) is 0 Å². The Morgan fingerprint density at radius 2 is 1.73 bits per heavy atom. The van der Waals surface area contributed by atoms with E-state index in [9.17, 15) is 9.59 Å². The minimum Gasteiger partial charge on any atom is -0.325 e. The number of para-hydroxylation sites is 1. The largest absolute Gasteiger partial charge is 0.325 e. The van der Waals surface area contributed by atoms with Gasteiger partial charge in [0.15, 0.2) is 0 Å². The minimum atomic E-state index is -0.128. The molecule has 0 atom stereocenters. The van der Waals surface area contributed by atoms with E-state index in [1.807, 2.05) is 55.5 Å². The lowest BCUT2D eigenvalue weighted by molar-refractivity contribution is -0.121. The number of likely N-dealkylation sites (tertiary alicyclic amines) is 1. The summed E-state index contributed by atoms with van der Waals surface area (Å²) in [6, 6.07) is 14.8. The van der Waals surface area contributed by atoms with E-state index in [1.54, 1.807) is 4.90 Å². The van der Waals surface area contributed by atoms with Gasteiger partial charge in [-0.25, -0.2) is 4.79 Å². The molecular weight excluding hydrogens is 350 g/mol. The summed E-state index contributed by atoms with van der Waals surface area (Å²) in [6.07, 6.45) is 1.27. The standard InChI is InChI=1S/C20H22ClN3O2/c1-14-7-8-18(17(21)13-14)23-19(25)15-9-11-24(12-10-15)20(26)22-16-5-3-2-4-6-16/h2-8,13,15H,9-12H2,1H3,(H,22,26)(H,23,25). The molecule has 3 amide bonds. The summed E-state index contributed by atoms with van der Waals surface area (Å²) in [5.41, 5.74) is 2.45. The van der Waals surface area contributed by atoms with Crippen LogP contribution in [0.1, 0.15) is 18.4 Å². The molecule has 26 heavy (non-hydrogen) atoms. The van der Waals surface area contributed by atoms with Gasteiger partial charge >= 0.3 is 6.03 Å². The SMILES string of the molecule is Cc1ccc(NC(=O)C2CCN(C(=O)Nc3ccccc3)CC2)c(Cl)c1. The lowest BCUT2D eigenvalue weighted by Gasteiger charge is -2.31. The molecule has 1 fully saturated rings. The Bertz CT molecular complexity index is 787. The first-order valence-electron chi connectivity index (χ1n) is 8.71. The summed E-state index contributed by atoms with van der Waals surface area (Å²) >= 11 is 6.18. The predicted octanol–water partition coefficient (Wildman–Crippen LogP) is 4.53. The second kappa shape index (κ2) is 8.23. The number of piperidine rings is 1. The molecule has 1 heterocycles. The number of nitrogens with zero attached hydrogens (tertiary/aromatic N) is 1. The van der Waals surface area contributed by atoms with E-state index in [0.29, 0.717) is 36.6 Å². The average molecular weight is 372 g/mol. The van der Waals surface area contributed by atoms with Crippen molar-refractivity contribution in [3.8, 4) is 0 Å². The highest BCUT2D eigenvalue weighted by Crippen LogP contribution is 2.25. The zero-order valence-electron chi connectivity index (χ0n) is 14.7. The van der Waals surface area contributed by atoms with E-state index in [2.05, 4.69) is 10.6 Å². The van der Waals surface area contributed by atoms with Crippen LogP contribution in [-0.4, -0.2) is 29.9 Å². The molecule has 2 N–H and O–H groups in total. The van der Waals surface area contributed by atoms with E-state index < -0.39 is 0 Å². The van der Waals surface area contributed by atoms with Crippen molar-refractivity contribution in [2.45, 2.75) is 19.8 Å². The van der Waals surface area contributed by atoms with Gasteiger partial charge in [-0.2, -0.15) is 0 Å². The maximum atomic E-state index is 12.5. The van der Waals surface area contributed by atoms with Gasteiger partial charge in [-0.1, -0.05) is 35.9 Å². The maximum absolute atomic E-state index is 12.5. The fourth-order valence-electron chi connectivity index (χ4n) is 3.03. The van der Waals surface area contributed by atoms with Gasteiger partial charge in [-0.05, 0) is 49.6 Å². The quantitative estimate of drug-likeness (QED) is 0.832. The summed E-state index contributed by atoms with van der Waals surface area (Å²) in [6.45, 7) is 3.06. The van der Waals surface area contributed by atoms with Crippen molar-refractivity contribution < 1.29 is 9.59 Å². The van der Waals surface area contributed by atoms with Gasteiger partial charge in [-0.3, -0.25) is 4.79 Å². The Hall–Kier alpha value is -2.53. The molecule has 0 aliphatic carbocycles. The predicted molar refractivity (Wildman–Crippen MR) is 105 cm³/mol. The van der Waals surface area contributed by atoms with Crippen LogP contribution >= 0.6 is 11.6 Å². The van der Waals surface area contributed by atoms with Crippen molar-refractivity contribution in [1.29, 1.82) is 0 Å². The molecule has 6 heteroatoms. The second-order valence-corrected chi connectivity index (χ2v) is 6.94. The van der Waals surface area contributed by atoms with Gasteiger partial charge < -0.3 is 15.5 Å². The van der Waals surface area contributed by atoms with Crippen LogP contribution in [0.15, 0.2) is 48.5 Å². The Balaban J connectivity index is 1.51. The van der Waals surface area contributed by atoms with Gasteiger partial charge in [-0.15, -0.1) is 0 Å². The fraction of sp³-hybridized carbons (Fsp3) is 0.300. The van der Waals surface area contributed by atoms with E-state index >= 15 is 0 Å². The van der Waals surface area contributed by atoms with Crippen LogP contribution in [0.3, 0.4) is 0 Å². The molecule has 2 aromatic carbocycles. The van der Waals surface area contributed by atoms with Crippen LogP contribution in [0.4, 0.5) is 16.2 Å². The molecule has 0 bridgehead atoms. The third-order valence-corrected chi connectivity index (χ3v) is 4.87. The molecule has 0 unspecified atom stereocenters. The summed E-state index contributed by atoms with van der Waals surface area (Å²) in [5, 5.41) is 6.32. The van der Waals surface area contributed by atoms with Crippen molar-refractivity contribution in [3.05, 3.63) is 59.1 Å². The number of rotatable bonds is 3. The number of hydrogen-bond donors (Lipinski definition) is 2. The number of nitrogens with one attached hydrogen (secondary N) is 2. The molecule has 0 aromatic heterocycles. The summed E-state index contributed by atoms with van der Waals surface area (Å²) in [4.78, 5) is 26.5. The Kier molecular flexibility index (Phi) is 5.78. The van der Waals surface area contributed by atoms with Gasteiger partial charge in [0, 0.05) is 24.7 Å². The third kappa shape index (κ3) is 4.55. The normalized spacial score (nSPS) is 14.8. The van der Waals surface area contributed by atoms with Gasteiger partial charge in [0.2, 0.25) is 5.91 Å². The van der Waals surface area contributed by atoms with Crippen molar-refractivity contribution in [2.24, 2.45) is 5.92 Å². The van der Waals surface area contributed by atoms with Crippen molar-refractivity contribution in [2.75, 3.05) is 23.7 Å². The van der Waals surface area contributed by atoms with Crippen LogP contribution < -0.4 is 10.6 Å². The van der Waals surface area contributed by atoms with E-state index in [1.165, 1.54) is 0 Å². The first-order valence-corrected chi connectivity index (χ1v) is 9.09. The topological polar surface area (TPSA) is 61.4 Å². The summed E-state index contributed by atoms with van der Waals surface area (Å²) in [5.74, 6) is -0.160. The second-order valence-electron chi connectivity index (χ2n) is 6.53. The number of aryl methyl sites for hydroxylation is 1. The number of urea groups is 1. The first-order chi connectivity index (χ1) is 12.5. The van der Waals surface area contributed by atoms with E-state index in [-0.39, 0.29) is 17.9 Å². The molecule has 0 radical (unpaired) electrons. The third-order valence-electron chi connectivity index (χ3n) is 4.56. The van der Waals surface area contributed by atoms with Crippen LogP contribution in [0.25, 0.3) is 0 Å². The molecule has 0 saturated carbocycles. The molecule has 1 aliphatic rings. The highest BCUT2D eigenvalue weighted by atomic mass is 35.5.